The molecule has 3 N–H and O–H groups in total. The van der Waals surface area contributed by atoms with Gasteiger partial charge in [0.25, 0.3) is 0 Å². The molecule has 51 heavy (non-hydrogen) atoms. The molecule has 10 heteroatoms. The van der Waals surface area contributed by atoms with Crippen molar-refractivity contribution in [1.82, 2.24) is 50.5 Å². The minimum absolute atomic E-state index is 0.143. The smallest absolute Gasteiger partial charge is 0.0608 e. The Morgan fingerprint density at radius 3 is 2.18 bits per heavy atom. The van der Waals surface area contributed by atoms with Gasteiger partial charge >= 0.3 is 0 Å². The SMILES string of the molecule is Cc1cccnc1[C@@H]1CCC[C@H](c2ccc(Cc3cccnc3[C@@H]3CCC[C@H](c4cccc(Cc5ccn[nH]5)n4)N3)c(Cc3ccn[nH]3)n2)N1C. The van der Waals surface area contributed by atoms with Crippen LogP contribution < -0.4 is 5.32 Å². The maximum absolute atomic E-state index is 5.44. The van der Waals surface area contributed by atoms with Crippen molar-refractivity contribution < 1.29 is 0 Å². The topological polar surface area (TPSA) is 124 Å². The Bertz CT molecular complexity index is 2040. The highest BCUT2D eigenvalue weighted by atomic mass is 15.2. The Labute approximate surface area is 299 Å². The van der Waals surface area contributed by atoms with Gasteiger partial charge in [0, 0.05) is 67.2 Å². The largest absolute Gasteiger partial charge is 0.300 e. The second kappa shape index (κ2) is 15.0. The van der Waals surface area contributed by atoms with E-state index in [4.69, 9.17) is 19.9 Å². The highest BCUT2D eigenvalue weighted by Crippen LogP contribution is 2.40. The molecule has 0 aromatic carbocycles. The number of nitrogens with zero attached hydrogens (tertiary/aromatic N) is 7. The van der Waals surface area contributed by atoms with E-state index in [0.717, 1.165) is 91.2 Å². The molecule has 6 aromatic heterocycles. The van der Waals surface area contributed by atoms with Crippen LogP contribution in [0.15, 0.2) is 91.5 Å². The van der Waals surface area contributed by atoms with Gasteiger partial charge in [0.15, 0.2) is 0 Å². The molecular weight excluding hydrogens is 633 g/mol. The van der Waals surface area contributed by atoms with E-state index in [1.54, 1.807) is 6.20 Å². The Morgan fingerprint density at radius 2 is 1.37 bits per heavy atom. The number of pyridine rings is 4. The van der Waals surface area contributed by atoms with Gasteiger partial charge in [-0.2, -0.15) is 10.2 Å². The lowest BCUT2D eigenvalue weighted by Gasteiger charge is -2.39. The van der Waals surface area contributed by atoms with Crippen molar-refractivity contribution in [2.24, 2.45) is 0 Å². The zero-order valence-electron chi connectivity index (χ0n) is 29.5. The van der Waals surface area contributed by atoms with Gasteiger partial charge in [-0.3, -0.25) is 35.0 Å². The second-order valence-corrected chi connectivity index (χ2v) is 14.2. The van der Waals surface area contributed by atoms with Crippen LogP contribution >= 0.6 is 0 Å². The Morgan fingerprint density at radius 1 is 0.627 bits per heavy atom. The Hall–Kier alpha value is -5.06. The molecule has 0 aliphatic carbocycles. The molecule has 6 aromatic rings. The van der Waals surface area contributed by atoms with Crippen molar-refractivity contribution in [1.29, 1.82) is 0 Å². The summed E-state index contributed by atoms with van der Waals surface area (Å²) in [6.07, 6.45) is 16.2. The molecule has 260 valence electrons. The predicted octanol–water partition coefficient (Wildman–Crippen LogP) is 7.25. The number of hydrogen-bond donors (Lipinski definition) is 3. The van der Waals surface area contributed by atoms with Crippen LogP contribution in [-0.4, -0.2) is 52.3 Å². The Kier molecular flexibility index (Phi) is 9.77. The molecule has 0 spiro atoms. The van der Waals surface area contributed by atoms with Crippen molar-refractivity contribution in [3.63, 3.8) is 0 Å². The molecule has 2 aliphatic rings. The van der Waals surface area contributed by atoms with Crippen LogP contribution in [0.25, 0.3) is 0 Å². The average molecular weight is 679 g/mol. The summed E-state index contributed by atoms with van der Waals surface area (Å²) in [7, 11) is 2.24. The summed E-state index contributed by atoms with van der Waals surface area (Å²) >= 11 is 0. The fourth-order valence-corrected chi connectivity index (χ4v) is 8.14. The van der Waals surface area contributed by atoms with Gasteiger partial charge in [0.1, 0.15) is 0 Å². The van der Waals surface area contributed by atoms with Crippen molar-refractivity contribution in [3.8, 4) is 0 Å². The summed E-state index contributed by atoms with van der Waals surface area (Å²) in [5, 5.41) is 18.5. The molecule has 4 atom stereocenters. The van der Waals surface area contributed by atoms with E-state index >= 15 is 0 Å². The summed E-state index contributed by atoms with van der Waals surface area (Å²) in [5.41, 5.74) is 12.5. The minimum Gasteiger partial charge on any atom is -0.300 e. The first kappa shape index (κ1) is 33.1. The van der Waals surface area contributed by atoms with E-state index in [2.05, 4.69) is 93.1 Å². The van der Waals surface area contributed by atoms with Gasteiger partial charge in [-0.25, -0.2) is 0 Å². The predicted molar refractivity (Wildman–Crippen MR) is 197 cm³/mol. The maximum atomic E-state index is 5.44. The molecule has 8 heterocycles. The standard InChI is InChI=1S/C41H46N10/c1-27-8-6-20-42-40(27)39-15-5-14-38(51(39)2)35-17-16-28(37(48-35)26-32-19-23-45-50-32)24-29-9-7-21-43-41(29)36-13-4-12-34(47-36)33-11-3-10-30(46-33)25-31-18-22-44-49-31/h3,6-11,16-23,34,36,38-39,47H,4-5,12-15,24-26H2,1-2H3,(H,44,49)(H,45,50)/t34-,36+,38-,39+/m1/s1. The van der Waals surface area contributed by atoms with E-state index in [-0.39, 0.29) is 24.2 Å². The van der Waals surface area contributed by atoms with Crippen LogP contribution in [0.3, 0.4) is 0 Å². The van der Waals surface area contributed by atoms with E-state index in [9.17, 15) is 0 Å². The fourth-order valence-electron chi connectivity index (χ4n) is 8.14. The third-order valence-electron chi connectivity index (χ3n) is 10.8. The van der Waals surface area contributed by atoms with Crippen LogP contribution in [0.5, 0.6) is 0 Å². The number of piperidine rings is 2. The van der Waals surface area contributed by atoms with Crippen molar-refractivity contribution in [2.45, 2.75) is 88.9 Å². The van der Waals surface area contributed by atoms with Crippen LogP contribution in [0, 0.1) is 6.92 Å². The number of H-pyrrole nitrogens is 2. The molecule has 0 unspecified atom stereocenters. The van der Waals surface area contributed by atoms with E-state index in [0.29, 0.717) is 6.42 Å². The molecule has 8 rings (SSSR count). The Balaban J connectivity index is 1.05. The average Bonchev–Trinajstić information content (AvgIpc) is 3.88. The lowest BCUT2D eigenvalue weighted by Crippen LogP contribution is -2.34. The zero-order chi connectivity index (χ0) is 34.6. The number of aromatic amines is 2. The first-order valence-electron chi connectivity index (χ1n) is 18.3. The summed E-state index contributed by atoms with van der Waals surface area (Å²) in [6, 6.07) is 24.3. The third kappa shape index (κ3) is 7.38. The number of aromatic nitrogens is 8. The number of rotatable bonds is 10. The van der Waals surface area contributed by atoms with E-state index < -0.39 is 0 Å². The second-order valence-electron chi connectivity index (χ2n) is 14.2. The molecule has 2 fully saturated rings. The highest BCUT2D eigenvalue weighted by Gasteiger charge is 2.33. The number of aryl methyl sites for hydroxylation is 1. The number of nitrogens with one attached hydrogen (secondary N) is 3. The fraction of sp³-hybridized carbons (Fsp3) is 0.366. The first-order chi connectivity index (χ1) is 25.1. The number of hydrogen-bond acceptors (Lipinski definition) is 8. The molecule has 10 nitrogen and oxygen atoms in total. The van der Waals surface area contributed by atoms with Crippen molar-refractivity contribution >= 4 is 0 Å². The molecule has 0 bridgehead atoms. The molecule has 2 aliphatic heterocycles. The first-order valence-corrected chi connectivity index (χ1v) is 18.3. The molecule has 2 saturated heterocycles. The third-order valence-corrected chi connectivity index (χ3v) is 10.8. The quantitative estimate of drug-likeness (QED) is 0.139. The summed E-state index contributed by atoms with van der Waals surface area (Å²) in [4.78, 5) is 22.8. The normalized spacial score (nSPS) is 21.1. The lowest BCUT2D eigenvalue weighted by atomic mass is 9.89. The van der Waals surface area contributed by atoms with Gasteiger partial charge in [-0.05, 0) is 112 Å². The minimum atomic E-state index is 0.143. The van der Waals surface area contributed by atoms with Crippen LogP contribution in [0.2, 0.25) is 0 Å². The van der Waals surface area contributed by atoms with Gasteiger partial charge in [0.05, 0.1) is 46.6 Å². The molecule has 0 amide bonds. The zero-order valence-corrected chi connectivity index (χ0v) is 29.5. The maximum Gasteiger partial charge on any atom is 0.0608 e. The summed E-state index contributed by atoms with van der Waals surface area (Å²) in [5.74, 6) is 0. The van der Waals surface area contributed by atoms with Gasteiger partial charge in [-0.1, -0.05) is 24.3 Å². The summed E-state index contributed by atoms with van der Waals surface area (Å²) in [6.45, 7) is 2.17. The van der Waals surface area contributed by atoms with Gasteiger partial charge < -0.3 is 5.32 Å². The molecule has 0 saturated carbocycles. The summed E-state index contributed by atoms with van der Waals surface area (Å²) < 4.78 is 0. The highest BCUT2D eigenvalue weighted by molar-refractivity contribution is 5.36. The molecule has 0 radical (unpaired) electrons. The number of likely N-dealkylation sites (tertiary alicyclic amines) is 1. The van der Waals surface area contributed by atoms with Gasteiger partial charge in [0.2, 0.25) is 0 Å². The monoisotopic (exact) mass is 678 g/mol. The van der Waals surface area contributed by atoms with E-state index in [1.807, 2.05) is 36.8 Å². The van der Waals surface area contributed by atoms with Crippen molar-refractivity contribution in [2.75, 3.05) is 7.05 Å². The van der Waals surface area contributed by atoms with E-state index in [1.165, 1.54) is 22.4 Å². The lowest BCUT2D eigenvalue weighted by molar-refractivity contribution is 0.109. The van der Waals surface area contributed by atoms with Crippen molar-refractivity contribution in [3.05, 3.63) is 154 Å². The van der Waals surface area contributed by atoms with Gasteiger partial charge in [-0.15, -0.1) is 0 Å². The van der Waals surface area contributed by atoms with Crippen LogP contribution in [0.1, 0.15) is 125 Å². The molecular formula is C41H46N10. The van der Waals surface area contributed by atoms with Crippen LogP contribution in [-0.2, 0) is 19.3 Å². The van der Waals surface area contributed by atoms with Crippen LogP contribution in [0.4, 0.5) is 0 Å².